The van der Waals surface area contributed by atoms with Crippen LogP contribution >= 0.6 is 58.2 Å². The molecule has 0 aliphatic carbocycles. The molecular weight excluding hydrogens is 607 g/mol. The number of carbonyl (C=O) groups is 3. The summed E-state index contributed by atoms with van der Waals surface area (Å²) >= 11 is 5.95. The molecule has 39 heavy (non-hydrogen) atoms. The van der Waals surface area contributed by atoms with Crippen molar-refractivity contribution in [3.05, 3.63) is 27.9 Å². The fourth-order valence-electron chi connectivity index (χ4n) is 3.55. The standard InChI is InChI=1S/C20H19N9O5S5/c1-34-27-11(9-5-38-20(24)25-9)14(30)26-12-16(31)29-13(18(32)33)7(3-36-17(12)29)4-37-19-8(2-21)15(28-39-19)35-6-10(22)23/h5,12,17H,3-4,6H2,1H3,(H3,22,23)(H2,24,25)(H,26,30)(H,32,33)/b27-11-/t12-,17-/m1/s1. The summed E-state index contributed by atoms with van der Waals surface area (Å²) in [5, 5.41) is 34.8. The second-order valence-corrected chi connectivity index (χ2v) is 12.7. The first kappa shape index (κ1) is 28.7. The van der Waals surface area contributed by atoms with E-state index >= 15 is 0 Å². The number of β-lactam (4-membered cyclic amide) rings is 1. The van der Waals surface area contributed by atoms with Gasteiger partial charge in [-0.15, -0.1) is 34.9 Å². The van der Waals surface area contributed by atoms with E-state index in [1.54, 1.807) is 0 Å². The zero-order valence-corrected chi connectivity index (χ0v) is 23.9. The van der Waals surface area contributed by atoms with Crippen LogP contribution < -0.4 is 16.8 Å². The van der Waals surface area contributed by atoms with Crippen molar-refractivity contribution in [3.8, 4) is 6.07 Å². The van der Waals surface area contributed by atoms with Crippen LogP contribution in [0.15, 0.2) is 31.0 Å². The molecule has 0 radical (unpaired) electrons. The number of aliphatic carboxylic acids is 1. The molecule has 0 saturated carbocycles. The Kier molecular flexibility index (Phi) is 9.01. The Morgan fingerprint density at radius 2 is 2.23 bits per heavy atom. The van der Waals surface area contributed by atoms with E-state index < -0.39 is 29.2 Å². The van der Waals surface area contributed by atoms with Gasteiger partial charge in [0.15, 0.2) is 10.8 Å². The monoisotopic (exact) mass is 625 g/mol. The number of fused-ring (bicyclic) bond motifs is 1. The molecule has 14 nitrogen and oxygen atoms in total. The lowest BCUT2D eigenvalue weighted by atomic mass is 10.0. The molecule has 4 heterocycles. The van der Waals surface area contributed by atoms with Gasteiger partial charge in [-0.3, -0.25) is 19.9 Å². The van der Waals surface area contributed by atoms with Crippen LogP contribution in [-0.4, -0.2) is 84.5 Å². The summed E-state index contributed by atoms with van der Waals surface area (Å²) in [4.78, 5) is 48.0. The highest BCUT2D eigenvalue weighted by Gasteiger charge is 2.54. The van der Waals surface area contributed by atoms with Crippen LogP contribution in [0.3, 0.4) is 0 Å². The van der Waals surface area contributed by atoms with Crippen molar-refractivity contribution in [1.29, 1.82) is 10.7 Å². The van der Waals surface area contributed by atoms with E-state index in [0.717, 1.165) is 27.8 Å². The van der Waals surface area contributed by atoms with Crippen LogP contribution in [0, 0.1) is 16.7 Å². The fourth-order valence-corrected chi connectivity index (χ4v) is 8.43. The van der Waals surface area contributed by atoms with Gasteiger partial charge >= 0.3 is 5.97 Å². The minimum atomic E-state index is -1.27. The summed E-state index contributed by atoms with van der Waals surface area (Å²) in [5.41, 5.74) is 11.7. The van der Waals surface area contributed by atoms with Gasteiger partial charge in [0.2, 0.25) is 0 Å². The van der Waals surface area contributed by atoms with Crippen molar-refractivity contribution in [2.45, 2.75) is 20.7 Å². The van der Waals surface area contributed by atoms with Crippen LogP contribution in [-0.2, 0) is 19.2 Å². The normalized spacial score (nSPS) is 18.7. The van der Waals surface area contributed by atoms with Crippen molar-refractivity contribution in [3.63, 3.8) is 0 Å². The summed E-state index contributed by atoms with van der Waals surface area (Å²) in [7, 11) is 1.26. The van der Waals surface area contributed by atoms with Gasteiger partial charge in [0.25, 0.3) is 11.8 Å². The summed E-state index contributed by atoms with van der Waals surface area (Å²) in [6.45, 7) is 0. The zero-order chi connectivity index (χ0) is 28.3. The highest BCUT2D eigenvalue weighted by atomic mass is 32.2. The summed E-state index contributed by atoms with van der Waals surface area (Å²) in [5.74, 6) is -1.89. The number of anilines is 1. The first-order valence-electron chi connectivity index (χ1n) is 10.7. The maximum atomic E-state index is 13.0. The lowest BCUT2D eigenvalue weighted by Crippen LogP contribution is -2.71. The molecule has 4 rings (SSSR count). The number of thioether (sulfide) groups is 3. The van der Waals surface area contributed by atoms with Gasteiger partial charge in [-0.05, 0) is 17.1 Å². The number of oxime groups is 1. The predicted molar refractivity (Wildman–Crippen MR) is 150 cm³/mol. The molecule has 204 valence electrons. The predicted octanol–water partition coefficient (Wildman–Crippen LogP) is 0.963. The number of amides is 2. The Morgan fingerprint density at radius 3 is 2.85 bits per heavy atom. The number of nitrogens with zero attached hydrogens (tertiary/aromatic N) is 5. The van der Waals surface area contributed by atoms with Gasteiger partial charge in [0.1, 0.15) is 52.4 Å². The highest BCUT2D eigenvalue weighted by molar-refractivity contribution is 8.02. The van der Waals surface area contributed by atoms with Crippen LogP contribution in [0.1, 0.15) is 11.3 Å². The molecule has 2 atom stereocenters. The lowest BCUT2D eigenvalue weighted by Gasteiger charge is -2.49. The van der Waals surface area contributed by atoms with Crippen LogP contribution in [0.2, 0.25) is 0 Å². The number of carboxylic acid groups (broad SMARTS) is 1. The van der Waals surface area contributed by atoms with E-state index in [2.05, 4.69) is 25.9 Å². The largest absolute Gasteiger partial charge is 0.477 e. The molecule has 7 N–H and O–H groups in total. The Bertz CT molecular complexity index is 1450. The molecule has 0 aromatic carbocycles. The second-order valence-electron chi connectivity index (χ2n) is 7.68. The quantitative estimate of drug-likeness (QED) is 0.0770. The first-order valence-corrected chi connectivity index (χ1v) is 15.3. The Morgan fingerprint density at radius 1 is 1.46 bits per heavy atom. The average molecular weight is 626 g/mol. The average Bonchev–Trinajstić information content (AvgIpc) is 3.52. The van der Waals surface area contributed by atoms with Crippen LogP contribution in [0.25, 0.3) is 0 Å². The van der Waals surface area contributed by atoms with Crippen molar-refractivity contribution in [2.75, 3.05) is 30.1 Å². The van der Waals surface area contributed by atoms with E-state index in [1.165, 1.54) is 47.8 Å². The molecule has 0 spiro atoms. The minimum absolute atomic E-state index is 0.0418. The van der Waals surface area contributed by atoms with Gasteiger partial charge in [-0.1, -0.05) is 16.9 Å². The summed E-state index contributed by atoms with van der Waals surface area (Å²) in [6.07, 6.45) is 0. The van der Waals surface area contributed by atoms with Gasteiger partial charge in [0.05, 0.1) is 9.96 Å². The Balaban J connectivity index is 1.48. The number of nitrogens with one attached hydrogen (secondary N) is 2. The Hall–Kier alpha value is -3.31. The second kappa shape index (κ2) is 12.3. The van der Waals surface area contributed by atoms with E-state index in [0.29, 0.717) is 26.1 Å². The number of nitrogens with two attached hydrogens (primary N) is 2. The topological polar surface area (TPSA) is 234 Å². The number of rotatable bonds is 11. The highest BCUT2D eigenvalue weighted by Crippen LogP contribution is 2.43. The lowest BCUT2D eigenvalue weighted by molar-refractivity contribution is -0.150. The van der Waals surface area contributed by atoms with E-state index in [1.807, 2.05) is 0 Å². The molecule has 0 bridgehead atoms. The molecule has 1 saturated heterocycles. The molecule has 0 unspecified atom stereocenters. The summed E-state index contributed by atoms with van der Waals surface area (Å²) in [6, 6.07) is 1.13. The maximum absolute atomic E-state index is 13.0. The number of hydrogen-bond acceptors (Lipinski definition) is 15. The number of carboxylic acids is 1. The third-order valence-electron chi connectivity index (χ3n) is 5.18. The third-order valence-corrected chi connectivity index (χ3v) is 10.5. The molecular formula is C20H19N9O5S5. The minimum Gasteiger partial charge on any atom is -0.477 e. The zero-order valence-electron chi connectivity index (χ0n) is 19.9. The molecule has 19 heteroatoms. The van der Waals surface area contributed by atoms with Crippen molar-refractivity contribution < 1.29 is 24.3 Å². The third kappa shape index (κ3) is 5.99. The van der Waals surface area contributed by atoms with E-state index in [-0.39, 0.29) is 39.6 Å². The fraction of sp³-hybridized carbons (Fsp3) is 0.300. The van der Waals surface area contributed by atoms with Crippen molar-refractivity contribution in [2.24, 2.45) is 10.9 Å². The van der Waals surface area contributed by atoms with Crippen LogP contribution in [0.5, 0.6) is 0 Å². The molecule has 1 fully saturated rings. The summed E-state index contributed by atoms with van der Waals surface area (Å²) < 4.78 is 4.85. The van der Waals surface area contributed by atoms with Crippen molar-refractivity contribution >= 4 is 92.6 Å². The number of hydrogen-bond donors (Lipinski definition) is 5. The van der Waals surface area contributed by atoms with Gasteiger partial charge in [-0.25, -0.2) is 9.78 Å². The molecule has 2 aliphatic rings. The molecule has 2 aromatic rings. The number of nitriles is 1. The van der Waals surface area contributed by atoms with Gasteiger partial charge in [-0.2, -0.15) is 9.64 Å². The maximum Gasteiger partial charge on any atom is 0.352 e. The number of nitrogen functional groups attached to an aromatic ring is 1. The number of carbonyl (C=O) groups excluding carboxylic acids is 2. The molecule has 2 aromatic heterocycles. The number of thiazole rings is 1. The Labute approximate surface area is 241 Å². The first-order chi connectivity index (χ1) is 18.7. The smallest absolute Gasteiger partial charge is 0.352 e. The van der Waals surface area contributed by atoms with Gasteiger partial charge in [0, 0.05) is 16.9 Å². The molecule has 2 amide bonds. The van der Waals surface area contributed by atoms with Gasteiger partial charge < -0.3 is 26.7 Å². The van der Waals surface area contributed by atoms with E-state index in [4.69, 9.17) is 21.7 Å². The number of aromatic nitrogens is 2. The van der Waals surface area contributed by atoms with Crippen LogP contribution in [0.4, 0.5) is 5.13 Å². The number of amidine groups is 1. The van der Waals surface area contributed by atoms with Crippen molar-refractivity contribution in [1.82, 2.24) is 19.6 Å². The SMILES string of the molecule is CO/N=C(\C(=O)N[C@@H]1C(=O)N2C(C(=O)O)=C(CSc3snc(SCC(=N)N)c3C#N)CS[C@H]12)c1csc(N)n1. The molecule has 2 aliphatic heterocycles. The van der Waals surface area contributed by atoms with E-state index in [9.17, 15) is 24.8 Å².